The highest BCUT2D eigenvalue weighted by Gasteiger charge is 2.47. The molecule has 152 valence electrons. The van der Waals surface area contributed by atoms with Crippen molar-refractivity contribution in [3.63, 3.8) is 0 Å². The summed E-state index contributed by atoms with van der Waals surface area (Å²) in [6.07, 6.45) is 0. The second-order valence-electron chi connectivity index (χ2n) is 5.17. The molecule has 0 atom stereocenters. The van der Waals surface area contributed by atoms with Crippen LogP contribution in [0.5, 0.6) is 5.75 Å². The lowest BCUT2D eigenvalue weighted by Crippen LogP contribution is -2.23. The number of carbonyl (C=O) groups is 1. The molecule has 0 aliphatic carbocycles. The van der Waals surface area contributed by atoms with Crippen molar-refractivity contribution < 1.29 is 39.9 Å². The maximum atomic E-state index is 12.7. The molecule has 0 aromatic heterocycles. The van der Waals surface area contributed by atoms with Gasteiger partial charge in [-0.05, 0) is 42.5 Å². The third-order valence-corrected chi connectivity index (χ3v) is 5.58. The van der Waals surface area contributed by atoms with Crippen molar-refractivity contribution in [3.05, 3.63) is 48.0 Å². The molecular weight excluding hydrogens is 429 g/mol. The molecule has 2 aromatic rings. The first-order chi connectivity index (χ1) is 13.0. The number of benzene rings is 2. The number of rotatable bonds is 6. The Morgan fingerprint density at radius 1 is 1.11 bits per heavy atom. The van der Waals surface area contributed by atoms with E-state index in [1.807, 2.05) is 0 Å². The summed E-state index contributed by atoms with van der Waals surface area (Å²) >= 11 is 0.278. The van der Waals surface area contributed by atoms with Crippen LogP contribution in [-0.2, 0) is 9.84 Å². The highest BCUT2D eigenvalue weighted by Crippen LogP contribution is 2.35. The van der Waals surface area contributed by atoms with E-state index in [-0.39, 0.29) is 33.7 Å². The van der Waals surface area contributed by atoms with Crippen LogP contribution in [0.15, 0.2) is 52.3 Å². The van der Waals surface area contributed by atoms with E-state index in [0.29, 0.717) is 12.1 Å². The molecule has 5 nitrogen and oxygen atoms in total. The van der Waals surface area contributed by atoms with Gasteiger partial charge in [0.2, 0.25) is 0 Å². The predicted molar refractivity (Wildman–Crippen MR) is 92.5 cm³/mol. The van der Waals surface area contributed by atoms with Gasteiger partial charge in [0.05, 0.1) is 17.7 Å². The zero-order valence-corrected chi connectivity index (χ0v) is 15.6. The van der Waals surface area contributed by atoms with Crippen molar-refractivity contribution in [1.82, 2.24) is 0 Å². The number of alkyl halides is 5. The number of methoxy groups -OCH3 is 1. The van der Waals surface area contributed by atoms with Gasteiger partial charge >= 0.3 is 5.51 Å². The summed E-state index contributed by atoms with van der Waals surface area (Å²) in [6, 6.07) is 7.32. The Morgan fingerprint density at radius 3 is 2.21 bits per heavy atom. The molecule has 0 spiro atoms. The second-order valence-corrected chi connectivity index (χ2v) is 8.17. The van der Waals surface area contributed by atoms with Crippen LogP contribution in [-0.4, -0.2) is 32.7 Å². The molecule has 0 aliphatic rings. The number of carbonyl (C=O) groups excluding carboxylic acids is 1. The number of sulfone groups is 1. The molecule has 0 aliphatic heterocycles. The molecule has 1 N–H and O–H groups in total. The second kappa shape index (κ2) is 8.35. The minimum Gasteiger partial charge on any atom is -0.495 e. The normalized spacial score (nSPS) is 12.1. The first-order valence-electron chi connectivity index (χ1n) is 7.31. The van der Waals surface area contributed by atoms with Crippen LogP contribution in [0.3, 0.4) is 0 Å². The van der Waals surface area contributed by atoms with E-state index in [1.165, 1.54) is 31.4 Å². The maximum Gasteiger partial charge on any atom is 0.501 e. The molecule has 0 unspecified atom stereocenters. The van der Waals surface area contributed by atoms with Crippen LogP contribution >= 0.6 is 11.8 Å². The van der Waals surface area contributed by atoms with E-state index in [0.717, 1.165) is 6.07 Å². The molecule has 0 fully saturated rings. The molecule has 28 heavy (non-hydrogen) atoms. The van der Waals surface area contributed by atoms with Crippen molar-refractivity contribution in [2.75, 3.05) is 12.4 Å². The van der Waals surface area contributed by atoms with Gasteiger partial charge < -0.3 is 10.1 Å². The van der Waals surface area contributed by atoms with Gasteiger partial charge in [-0.15, -0.1) is 0 Å². The molecule has 0 radical (unpaired) electrons. The number of thioether (sulfide) groups is 1. The van der Waals surface area contributed by atoms with Gasteiger partial charge in [-0.3, -0.25) is 4.79 Å². The summed E-state index contributed by atoms with van der Waals surface area (Å²) in [5.74, 6) is -3.50. The average molecular weight is 441 g/mol. The SMILES string of the molecule is COc1ccc(S(=O)(=O)C(F)(F)F)cc1NC(=O)c1ccc(SC(F)F)cc1. The number of anilines is 1. The summed E-state index contributed by atoms with van der Waals surface area (Å²) < 4.78 is 90.8. The minimum absolute atomic E-state index is 0.0183. The lowest BCUT2D eigenvalue weighted by molar-refractivity contribution is -0.0436. The molecule has 0 heterocycles. The lowest BCUT2D eigenvalue weighted by atomic mass is 10.2. The van der Waals surface area contributed by atoms with Gasteiger partial charge in [-0.1, -0.05) is 11.8 Å². The number of amides is 1. The van der Waals surface area contributed by atoms with E-state index >= 15 is 0 Å². The standard InChI is InChI=1S/C16H12F5NO4S2/c1-26-13-7-6-11(28(24,25)16(19,20)21)8-12(13)22-14(23)9-2-4-10(5-3-9)27-15(17)18/h2-8,15H,1H3,(H,22,23). The Labute approximate surface area is 160 Å². The Hall–Kier alpha value is -2.34. The quantitative estimate of drug-likeness (QED) is 0.526. The average Bonchev–Trinajstić information content (AvgIpc) is 2.60. The first-order valence-corrected chi connectivity index (χ1v) is 9.67. The number of hydrogen-bond donors (Lipinski definition) is 1. The molecule has 0 saturated carbocycles. The molecular formula is C16H12F5NO4S2. The summed E-state index contributed by atoms with van der Waals surface area (Å²) in [6.45, 7) is 0. The van der Waals surface area contributed by atoms with E-state index in [1.54, 1.807) is 0 Å². The van der Waals surface area contributed by atoms with Crippen LogP contribution in [0.2, 0.25) is 0 Å². The molecule has 0 bridgehead atoms. The smallest absolute Gasteiger partial charge is 0.495 e. The van der Waals surface area contributed by atoms with Gasteiger partial charge in [-0.25, -0.2) is 8.42 Å². The van der Waals surface area contributed by atoms with Crippen molar-refractivity contribution in [2.24, 2.45) is 0 Å². The molecule has 2 aromatic carbocycles. The Bertz CT molecular complexity index is 960. The zero-order chi connectivity index (χ0) is 21.1. The summed E-state index contributed by atoms with van der Waals surface area (Å²) in [5.41, 5.74) is -5.80. The van der Waals surface area contributed by atoms with E-state index < -0.39 is 31.9 Å². The number of hydrogen-bond acceptors (Lipinski definition) is 5. The summed E-state index contributed by atoms with van der Waals surface area (Å²) in [4.78, 5) is 11.4. The maximum absolute atomic E-state index is 12.7. The largest absolute Gasteiger partial charge is 0.501 e. The first kappa shape index (κ1) is 22.0. The lowest BCUT2D eigenvalue weighted by Gasteiger charge is -2.13. The van der Waals surface area contributed by atoms with Gasteiger partial charge in [0.25, 0.3) is 21.5 Å². The summed E-state index contributed by atoms with van der Waals surface area (Å²) in [7, 11) is -4.44. The van der Waals surface area contributed by atoms with E-state index in [9.17, 15) is 35.2 Å². The van der Waals surface area contributed by atoms with Crippen molar-refractivity contribution >= 4 is 33.2 Å². The van der Waals surface area contributed by atoms with Gasteiger partial charge in [-0.2, -0.15) is 22.0 Å². The fourth-order valence-electron chi connectivity index (χ4n) is 2.07. The highest BCUT2D eigenvalue weighted by atomic mass is 32.2. The van der Waals surface area contributed by atoms with Crippen molar-refractivity contribution in [2.45, 2.75) is 21.1 Å². The zero-order valence-electron chi connectivity index (χ0n) is 14.0. The van der Waals surface area contributed by atoms with Crippen molar-refractivity contribution in [3.8, 4) is 5.75 Å². The van der Waals surface area contributed by atoms with Crippen LogP contribution in [0.25, 0.3) is 0 Å². The van der Waals surface area contributed by atoms with Gasteiger partial charge in [0.1, 0.15) is 5.75 Å². The molecule has 1 amide bonds. The predicted octanol–water partition coefficient (Wildman–Crippen LogP) is 4.56. The summed E-state index contributed by atoms with van der Waals surface area (Å²) in [5, 5.41) is 2.25. The molecule has 2 rings (SSSR count). The fourth-order valence-corrected chi connectivity index (χ4v) is 3.35. The Kier molecular flexibility index (Phi) is 6.55. The van der Waals surface area contributed by atoms with Crippen molar-refractivity contribution in [1.29, 1.82) is 0 Å². The topological polar surface area (TPSA) is 72.5 Å². The Morgan fingerprint density at radius 2 is 1.71 bits per heavy atom. The van der Waals surface area contributed by atoms with Crippen LogP contribution in [0.1, 0.15) is 10.4 Å². The van der Waals surface area contributed by atoms with E-state index in [4.69, 9.17) is 4.74 Å². The van der Waals surface area contributed by atoms with Crippen LogP contribution in [0, 0.1) is 0 Å². The van der Waals surface area contributed by atoms with Crippen LogP contribution in [0.4, 0.5) is 27.6 Å². The third-order valence-electron chi connectivity index (χ3n) is 3.38. The number of ether oxygens (including phenoxy) is 1. The highest BCUT2D eigenvalue weighted by molar-refractivity contribution is 7.99. The monoisotopic (exact) mass is 441 g/mol. The molecule has 12 heteroatoms. The van der Waals surface area contributed by atoms with Gasteiger partial charge in [0, 0.05) is 10.5 Å². The number of halogens is 5. The van der Waals surface area contributed by atoms with Gasteiger partial charge in [0.15, 0.2) is 0 Å². The van der Waals surface area contributed by atoms with E-state index in [2.05, 4.69) is 5.32 Å². The van der Waals surface area contributed by atoms with Crippen LogP contribution < -0.4 is 10.1 Å². The third kappa shape index (κ3) is 4.93. The minimum atomic E-state index is -5.62. The molecule has 0 saturated heterocycles. The Balaban J connectivity index is 2.32. The fraction of sp³-hybridized carbons (Fsp3) is 0.188. The number of nitrogens with one attached hydrogen (secondary N) is 1.